The number of benzene rings is 2. The van der Waals surface area contributed by atoms with Gasteiger partial charge in [-0.15, -0.1) is 10.2 Å². The van der Waals surface area contributed by atoms with E-state index in [1.165, 1.54) is 31.0 Å². The highest BCUT2D eigenvalue weighted by Gasteiger charge is 2.16. The van der Waals surface area contributed by atoms with E-state index in [1.807, 2.05) is 23.7 Å². The molecule has 0 bridgehead atoms. The van der Waals surface area contributed by atoms with Gasteiger partial charge in [0.05, 0.1) is 12.9 Å². The fourth-order valence-corrected chi connectivity index (χ4v) is 3.72. The summed E-state index contributed by atoms with van der Waals surface area (Å²) >= 11 is 7.32. The fraction of sp³-hybridized carbons (Fsp3) is 0.200. The van der Waals surface area contributed by atoms with E-state index in [1.54, 1.807) is 18.2 Å². The fourth-order valence-electron chi connectivity index (χ4n) is 2.85. The standard InChI is InChI=1S/C20H16ClF2N5O3S/c1-28-18(11-3-6-13(21)7-4-11)25-26-20(28)32-10-16-24-17(27-31-16)12-5-8-14(30-19(22)23)15(9-12)29-2/h3-9,19H,10H2,1-2H3. The molecule has 32 heavy (non-hydrogen) atoms. The lowest BCUT2D eigenvalue weighted by Gasteiger charge is -2.10. The molecule has 4 aromatic rings. The number of hydrogen-bond donors (Lipinski definition) is 0. The Bertz CT molecular complexity index is 1220. The van der Waals surface area contributed by atoms with Crippen molar-refractivity contribution in [2.45, 2.75) is 17.5 Å². The summed E-state index contributed by atoms with van der Waals surface area (Å²) in [4.78, 5) is 4.35. The zero-order valence-electron chi connectivity index (χ0n) is 16.8. The molecular formula is C20H16ClF2N5O3S. The molecule has 0 aliphatic carbocycles. The topological polar surface area (TPSA) is 88.1 Å². The quantitative estimate of drug-likeness (QED) is 0.323. The van der Waals surface area contributed by atoms with Crippen LogP contribution in [0, 0.1) is 0 Å². The minimum absolute atomic E-state index is 0.0794. The molecule has 12 heteroatoms. The highest BCUT2D eigenvalue weighted by Crippen LogP contribution is 2.33. The number of methoxy groups -OCH3 is 1. The molecule has 0 fully saturated rings. The van der Waals surface area contributed by atoms with Crippen LogP contribution in [0.2, 0.25) is 5.02 Å². The number of thioether (sulfide) groups is 1. The lowest BCUT2D eigenvalue weighted by molar-refractivity contribution is -0.0512. The third-order valence-corrected chi connectivity index (χ3v) is 5.63. The smallest absolute Gasteiger partial charge is 0.387 e. The van der Waals surface area contributed by atoms with Gasteiger partial charge in [-0.1, -0.05) is 28.5 Å². The molecule has 4 rings (SSSR count). The first-order valence-corrected chi connectivity index (χ1v) is 10.5. The first-order chi connectivity index (χ1) is 15.4. The molecule has 0 spiro atoms. The van der Waals surface area contributed by atoms with Gasteiger partial charge in [-0.3, -0.25) is 0 Å². The Kier molecular flexibility index (Phi) is 6.56. The molecule has 0 N–H and O–H groups in total. The van der Waals surface area contributed by atoms with Crippen molar-refractivity contribution in [3.8, 4) is 34.3 Å². The van der Waals surface area contributed by atoms with Crippen molar-refractivity contribution >= 4 is 23.4 Å². The molecule has 0 aliphatic heterocycles. The summed E-state index contributed by atoms with van der Waals surface area (Å²) in [7, 11) is 3.22. The number of nitrogens with zero attached hydrogens (tertiary/aromatic N) is 5. The second-order valence-electron chi connectivity index (χ2n) is 6.42. The first-order valence-electron chi connectivity index (χ1n) is 9.18. The minimum Gasteiger partial charge on any atom is -0.493 e. The van der Waals surface area contributed by atoms with Crippen molar-refractivity contribution < 1.29 is 22.8 Å². The Hall–Kier alpha value is -3.18. The lowest BCUT2D eigenvalue weighted by atomic mass is 10.2. The highest BCUT2D eigenvalue weighted by molar-refractivity contribution is 7.98. The molecule has 0 saturated heterocycles. The van der Waals surface area contributed by atoms with Crippen molar-refractivity contribution in [1.82, 2.24) is 24.9 Å². The molecule has 0 radical (unpaired) electrons. The zero-order valence-corrected chi connectivity index (χ0v) is 18.4. The van der Waals surface area contributed by atoms with Crippen LogP contribution in [0.1, 0.15) is 5.89 Å². The van der Waals surface area contributed by atoms with Crippen LogP contribution in [0.3, 0.4) is 0 Å². The van der Waals surface area contributed by atoms with Crippen molar-refractivity contribution in [1.29, 1.82) is 0 Å². The number of hydrogen-bond acceptors (Lipinski definition) is 8. The maximum Gasteiger partial charge on any atom is 0.387 e. The van der Waals surface area contributed by atoms with Crippen LogP contribution >= 0.6 is 23.4 Å². The van der Waals surface area contributed by atoms with Gasteiger partial charge >= 0.3 is 6.61 Å². The second-order valence-corrected chi connectivity index (χ2v) is 7.80. The van der Waals surface area contributed by atoms with Gasteiger partial charge in [0.1, 0.15) is 0 Å². The summed E-state index contributed by atoms with van der Waals surface area (Å²) in [6, 6.07) is 11.7. The van der Waals surface area contributed by atoms with Crippen LogP contribution in [0.15, 0.2) is 52.1 Å². The highest BCUT2D eigenvalue weighted by atomic mass is 35.5. The van der Waals surface area contributed by atoms with Gasteiger partial charge in [0.15, 0.2) is 22.5 Å². The number of alkyl halides is 2. The van der Waals surface area contributed by atoms with Gasteiger partial charge in [-0.05, 0) is 42.5 Å². The molecule has 2 aromatic carbocycles. The van der Waals surface area contributed by atoms with E-state index in [0.29, 0.717) is 39.0 Å². The normalized spacial score (nSPS) is 11.2. The van der Waals surface area contributed by atoms with Gasteiger partial charge in [0, 0.05) is 23.2 Å². The summed E-state index contributed by atoms with van der Waals surface area (Å²) < 4.78 is 41.7. The average molecular weight is 480 g/mol. The van der Waals surface area contributed by atoms with Crippen LogP contribution in [0.25, 0.3) is 22.8 Å². The third-order valence-electron chi connectivity index (χ3n) is 4.37. The van der Waals surface area contributed by atoms with E-state index in [-0.39, 0.29) is 11.5 Å². The van der Waals surface area contributed by atoms with Crippen molar-refractivity contribution in [3.63, 3.8) is 0 Å². The van der Waals surface area contributed by atoms with Crippen LogP contribution in [-0.4, -0.2) is 38.6 Å². The van der Waals surface area contributed by atoms with Crippen molar-refractivity contribution in [3.05, 3.63) is 53.4 Å². The molecule has 166 valence electrons. The van der Waals surface area contributed by atoms with E-state index < -0.39 is 6.61 Å². The maximum absolute atomic E-state index is 12.5. The van der Waals surface area contributed by atoms with Gasteiger partial charge in [0.25, 0.3) is 0 Å². The van der Waals surface area contributed by atoms with E-state index in [9.17, 15) is 8.78 Å². The van der Waals surface area contributed by atoms with Gasteiger partial charge < -0.3 is 18.6 Å². The number of rotatable bonds is 8. The largest absolute Gasteiger partial charge is 0.493 e. The average Bonchev–Trinajstić information content (AvgIpc) is 3.39. The molecule has 8 nitrogen and oxygen atoms in total. The number of ether oxygens (including phenoxy) is 2. The van der Waals surface area contributed by atoms with Crippen molar-refractivity contribution in [2.75, 3.05) is 7.11 Å². The van der Waals surface area contributed by atoms with Gasteiger partial charge in [0.2, 0.25) is 11.7 Å². The lowest BCUT2D eigenvalue weighted by Crippen LogP contribution is -2.03. The molecule has 0 atom stereocenters. The van der Waals surface area contributed by atoms with Crippen LogP contribution in [0.4, 0.5) is 8.78 Å². The molecule has 0 saturated carbocycles. The Morgan fingerprint density at radius 2 is 1.84 bits per heavy atom. The van der Waals surface area contributed by atoms with Crippen LogP contribution < -0.4 is 9.47 Å². The number of halogens is 3. The Morgan fingerprint density at radius 3 is 2.56 bits per heavy atom. The molecule has 2 aromatic heterocycles. The maximum atomic E-state index is 12.5. The van der Waals surface area contributed by atoms with Gasteiger partial charge in [-0.2, -0.15) is 13.8 Å². The summed E-state index contributed by atoms with van der Waals surface area (Å²) in [6.07, 6.45) is 0. The van der Waals surface area contributed by atoms with E-state index >= 15 is 0 Å². The Labute approximate surface area is 190 Å². The molecule has 0 amide bonds. The van der Waals surface area contributed by atoms with Crippen LogP contribution in [-0.2, 0) is 12.8 Å². The Morgan fingerprint density at radius 1 is 1.09 bits per heavy atom. The molecule has 0 unspecified atom stereocenters. The SMILES string of the molecule is COc1cc(-c2noc(CSc3nnc(-c4ccc(Cl)cc4)n3C)n2)ccc1OC(F)F. The molecule has 2 heterocycles. The van der Waals surface area contributed by atoms with Crippen LogP contribution in [0.5, 0.6) is 11.5 Å². The predicted octanol–water partition coefficient (Wildman–Crippen LogP) is 5.09. The van der Waals surface area contributed by atoms with E-state index in [4.69, 9.17) is 20.9 Å². The summed E-state index contributed by atoms with van der Waals surface area (Å²) in [6.45, 7) is -2.95. The summed E-state index contributed by atoms with van der Waals surface area (Å²) in [5, 5.41) is 13.7. The second kappa shape index (κ2) is 9.53. The Balaban J connectivity index is 1.46. The zero-order chi connectivity index (χ0) is 22.7. The summed E-state index contributed by atoms with van der Waals surface area (Å²) in [5.41, 5.74) is 1.43. The van der Waals surface area contributed by atoms with E-state index in [0.717, 1.165) is 5.56 Å². The monoisotopic (exact) mass is 479 g/mol. The summed E-state index contributed by atoms with van der Waals surface area (Å²) in [5.74, 6) is 1.79. The molecule has 0 aliphatic rings. The predicted molar refractivity (Wildman–Crippen MR) is 114 cm³/mol. The van der Waals surface area contributed by atoms with Gasteiger partial charge in [-0.25, -0.2) is 0 Å². The van der Waals surface area contributed by atoms with E-state index in [2.05, 4.69) is 25.1 Å². The van der Waals surface area contributed by atoms with Crippen molar-refractivity contribution in [2.24, 2.45) is 7.05 Å². The third kappa shape index (κ3) is 4.83. The molecular weight excluding hydrogens is 464 g/mol. The number of aromatic nitrogens is 5. The minimum atomic E-state index is -2.95. The first kappa shape index (κ1) is 22.0.